The van der Waals surface area contributed by atoms with Gasteiger partial charge in [0.15, 0.2) is 11.2 Å². The van der Waals surface area contributed by atoms with Crippen LogP contribution >= 0.6 is 23.2 Å². The number of ether oxygens (including phenoxy) is 3. The van der Waals surface area contributed by atoms with Crippen LogP contribution in [0.2, 0.25) is 10.0 Å². The highest BCUT2D eigenvalue weighted by molar-refractivity contribution is 6.31. The maximum absolute atomic E-state index is 13.4. The largest absolute Gasteiger partial charge is 0.481 e. The summed E-state index contributed by atoms with van der Waals surface area (Å²) >= 11 is 12.0. The molecule has 22 heteroatoms. The van der Waals surface area contributed by atoms with E-state index >= 15 is 0 Å². The second-order valence-electron chi connectivity index (χ2n) is 16.0. The molecule has 0 radical (unpaired) electrons. The standard InChI is InChI=1S/C20H23ClN4O3.C17H18ClN3O2.C9H16O4.C2HF3O.CH4/c1-4-20(5-2)19(27)25(14-8-6-13(21)7-9-14)15-10-11-16(24-18(15)28-20)23-17(26)12(3)22;1-3-17(4-2)16(22)21(12-7-5-11(18)6-8-12)13-9-10-14(19)20-15(13)23-17;1-6(8(11)12)5-7(10)13-9(2,3)4;3-2(4,5)1-6;/h6-12H,4-5,22H2,1-3H3,(H,23,24,26);5-10H,3-4H2,1-2H3,(H2,19,20);6H,5H2,1-4H3,(H,11,12);1H;1H4/t12-;;6-;;/m0.1../s1/i3D3,12D;;1D3,6D;;. The van der Waals surface area contributed by atoms with Crippen molar-refractivity contribution in [3.05, 3.63) is 82.8 Å². The number of carbonyl (C=O) groups is 6. The van der Waals surface area contributed by atoms with Crippen molar-refractivity contribution < 1.29 is 72.2 Å². The predicted molar refractivity (Wildman–Crippen MR) is 266 cm³/mol. The number of carboxylic acids is 1. The number of aliphatic carboxylic acids is 1. The Labute approximate surface area is 432 Å². The summed E-state index contributed by atoms with van der Waals surface area (Å²) in [5.41, 5.74) is 10.4. The average Bonchev–Trinajstić information content (AvgIpc) is 3.33. The summed E-state index contributed by atoms with van der Waals surface area (Å²) in [6.07, 6.45) is -4.91. The van der Waals surface area contributed by atoms with E-state index in [-0.39, 0.29) is 30.9 Å². The van der Waals surface area contributed by atoms with Crippen LogP contribution in [0.5, 0.6) is 11.8 Å². The number of aldehydes is 1. The van der Waals surface area contributed by atoms with Crippen LogP contribution in [0.1, 0.15) is 113 Å². The molecule has 0 bridgehead atoms. The number of nitrogens with two attached hydrogens (primary N) is 2. The lowest BCUT2D eigenvalue weighted by atomic mass is 9.93. The third-order valence-electron chi connectivity index (χ3n) is 10.0. The Balaban J connectivity index is 0.000000399. The molecular weight excluding hydrogens is 974 g/mol. The summed E-state index contributed by atoms with van der Waals surface area (Å²) in [6.45, 7) is 6.03. The summed E-state index contributed by atoms with van der Waals surface area (Å²) in [5, 5.41) is 12.1. The Morgan fingerprint density at radius 2 is 1.24 bits per heavy atom. The van der Waals surface area contributed by atoms with E-state index in [4.69, 9.17) is 69.7 Å². The van der Waals surface area contributed by atoms with Gasteiger partial charge >= 0.3 is 18.1 Å². The molecule has 0 saturated carbocycles. The number of nitrogens with one attached hydrogen (secondary N) is 1. The minimum atomic E-state index is -4.64. The number of nitrogen functional groups attached to an aromatic ring is 1. The van der Waals surface area contributed by atoms with Gasteiger partial charge in [-0.2, -0.15) is 23.1 Å². The van der Waals surface area contributed by atoms with Crippen molar-refractivity contribution >= 4 is 93.5 Å². The number of anilines is 6. The molecule has 0 saturated heterocycles. The van der Waals surface area contributed by atoms with Gasteiger partial charge in [-0.1, -0.05) is 65.2 Å². The number of amides is 3. The van der Waals surface area contributed by atoms with Crippen molar-refractivity contribution in [1.29, 1.82) is 0 Å². The van der Waals surface area contributed by atoms with Gasteiger partial charge in [-0.15, -0.1) is 0 Å². The van der Waals surface area contributed by atoms with Crippen LogP contribution in [0.4, 0.5) is 47.6 Å². The molecule has 4 heterocycles. The van der Waals surface area contributed by atoms with Gasteiger partial charge in [0.05, 0.1) is 19.7 Å². The molecule has 0 aliphatic carbocycles. The highest BCUT2D eigenvalue weighted by atomic mass is 35.5. The first-order valence-corrected chi connectivity index (χ1v) is 21.9. The zero-order chi connectivity index (χ0) is 59.8. The number of nitrogens with zero attached hydrogens (tertiary/aromatic N) is 4. The topological polar surface area (TPSA) is 247 Å². The molecule has 388 valence electrons. The number of hydrogen-bond acceptors (Lipinski definition) is 13. The summed E-state index contributed by atoms with van der Waals surface area (Å²) in [4.78, 5) is 81.4. The molecule has 4 aromatic rings. The van der Waals surface area contributed by atoms with Crippen molar-refractivity contribution in [1.82, 2.24) is 9.97 Å². The minimum absolute atomic E-state index is 0. The van der Waals surface area contributed by atoms with Crippen LogP contribution in [0.15, 0.2) is 72.8 Å². The average molecular weight is 1050 g/mol. The van der Waals surface area contributed by atoms with Gasteiger partial charge in [0, 0.05) is 31.0 Å². The van der Waals surface area contributed by atoms with Crippen molar-refractivity contribution in [2.24, 2.45) is 11.6 Å². The van der Waals surface area contributed by atoms with E-state index < -0.39 is 79.1 Å². The first-order valence-electron chi connectivity index (χ1n) is 25.2. The van der Waals surface area contributed by atoms with E-state index in [0.29, 0.717) is 64.5 Å². The van der Waals surface area contributed by atoms with Crippen LogP contribution < -0.4 is 36.1 Å². The number of hydrogen-bond donors (Lipinski definition) is 4. The number of carbonyl (C=O) groups excluding carboxylic acids is 5. The Morgan fingerprint density at radius 3 is 1.61 bits per heavy atom. The van der Waals surface area contributed by atoms with E-state index in [1.165, 1.54) is 17.0 Å². The highest BCUT2D eigenvalue weighted by Crippen LogP contribution is 2.45. The fourth-order valence-corrected chi connectivity index (χ4v) is 6.64. The molecule has 71 heavy (non-hydrogen) atoms. The van der Waals surface area contributed by atoms with E-state index in [9.17, 15) is 37.1 Å². The van der Waals surface area contributed by atoms with Crippen LogP contribution in [0.25, 0.3) is 0 Å². The second-order valence-corrected chi connectivity index (χ2v) is 16.9. The summed E-state index contributed by atoms with van der Waals surface area (Å²) in [5.74, 6) is -6.66. The first-order chi connectivity index (χ1) is 35.7. The molecule has 6 N–H and O–H groups in total. The maximum Gasteiger partial charge on any atom is 0.446 e. The van der Waals surface area contributed by atoms with Gasteiger partial charge in [-0.05, 0) is 126 Å². The number of fused-ring (bicyclic) bond motifs is 2. The molecular formula is C49H62Cl2F3N7O10. The fraction of sp³-hybridized carbons (Fsp3) is 0.429. The second kappa shape index (κ2) is 25.6. The minimum Gasteiger partial charge on any atom is -0.481 e. The number of alkyl halides is 3. The van der Waals surface area contributed by atoms with Crippen LogP contribution in [0.3, 0.4) is 0 Å². The summed E-state index contributed by atoms with van der Waals surface area (Å²) in [7, 11) is 0. The number of rotatable bonds is 11. The molecule has 0 spiro atoms. The van der Waals surface area contributed by atoms with Gasteiger partial charge < -0.3 is 36.1 Å². The van der Waals surface area contributed by atoms with E-state index in [1.807, 2.05) is 39.8 Å². The molecule has 0 unspecified atom stereocenters. The van der Waals surface area contributed by atoms with E-state index in [0.717, 1.165) is 5.69 Å². The van der Waals surface area contributed by atoms with Gasteiger partial charge in [0.1, 0.15) is 28.6 Å². The van der Waals surface area contributed by atoms with Gasteiger partial charge in [0.25, 0.3) is 11.8 Å². The lowest BCUT2D eigenvalue weighted by Crippen LogP contribution is -2.54. The van der Waals surface area contributed by atoms with Gasteiger partial charge in [-0.3, -0.25) is 38.6 Å². The fourth-order valence-electron chi connectivity index (χ4n) is 6.39. The Kier molecular flexibility index (Phi) is 17.3. The zero-order valence-corrected chi connectivity index (χ0v) is 40.5. The number of carboxylic acid groups (broad SMARTS) is 1. The molecule has 2 atom stereocenters. The number of esters is 1. The monoisotopic (exact) mass is 1040 g/mol. The van der Waals surface area contributed by atoms with Crippen molar-refractivity contribution in [2.45, 2.75) is 131 Å². The number of pyridine rings is 2. The van der Waals surface area contributed by atoms with Crippen molar-refractivity contribution in [3.8, 4) is 11.8 Å². The number of aromatic nitrogens is 2. The molecule has 3 amide bonds. The molecule has 6 rings (SSSR count). The Morgan fingerprint density at radius 1 is 0.817 bits per heavy atom. The third kappa shape index (κ3) is 16.3. The number of halogens is 5. The smallest absolute Gasteiger partial charge is 0.446 e. The van der Waals surface area contributed by atoms with Crippen LogP contribution in [-0.4, -0.2) is 80.0 Å². The normalized spacial score (nSPS) is 17.9. The van der Waals surface area contributed by atoms with Crippen LogP contribution in [-0.2, 0) is 33.5 Å². The van der Waals surface area contributed by atoms with E-state index in [2.05, 4.69) is 15.3 Å². The first kappa shape index (κ1) is 48.1. The predicted octanol–water partition coefficient (Wildman–Crippen LogP) is 10.4. The highest BCUT2D eigenvalue weighted by Gasteiger charge is 2.48. The van der Waals surface area contributed by atoms with Crippen molar-refractivity contribution in [3.63, 3.8) is 0 Å². The van der Waals surface area contributed by atoms with Crippen molar-refractivity contribution in [2.75, 3.05) is 20.9 Å². The van der Waals surface area contributed by atoms with E-state index in [1.54, 1.807) is 74.2 Å². The summed E-state index contributed by atoms with van der Waals surface area (Å²) in [6, 6.07) is 17.2. The Bertz CT molecular complexity index is 2820. The SMILES string of the molecule is C.CCC1(CC)Oc2nc(N)ccc2N(c2ccc(Cl)cc2)C1=O.O=CC(F)(F)F.[2H]C([2H])([2H])[C@]([2H])(CC(=O)OC(C)(C)C)C(=O)O.[2H]C([2H])([2H])[C@]([2H])(N)C(=O)Nc1ccc2c(n1)OC(CC)(CC)C(=O)N2c1ccc(Cl)cc1. The Hall–Kier alpha value is -6.51. The van der Waals surface area contributed by atoms with Gasteiger partial charge in [0.2, 0.25) is 24.0 Å². The molecule has 2 aliphatic rings. The maximum atomic E-state index is 13.4. The number of benzene rings is 2. The van der Waals surface area contributed by atoms with Gasteiger partial charge in [-0.25, -0.2) is 0 Å². The lowest BCUT2D eigenvalue weighted by molar-refractivity contribution is -0.159. The summed E-state index contributed by atoms with van der Waals surface area (Å²) < 4.78 is 106. The molecule has 17 nitrogen and oxygen atoms in total. The molecule has 2 aromatic carbocycles. The third-order valence-corrected chi connectivity index (χ3v) is 10.5. The molecule has 2 aromatic heterocycles. The zero-order valence-electron chi connectivity index (χ0n) is 47.0. The van der Waals surface area contributed by atoms with Crippen LogP contribution in [0, 0.1) is 5.89 Å². The quantitative estimate of drug-likeness (QED) is 0.0806. The molecule has 2 aliphatic heterocycles. The lowest BCUT2D eigenvalue weighted by Gasteiger charge is -2.41. The molecule has 0 fully saturated rings.